The maximum Gasteiger partial charge on any atom is 0.149 e. The molecule has 0 amide bonds. The number of nitrogens with one attached hydrogen (secondary N) is 1. The van der Waals surface area contributed by atoms with E-state index in [1.54, 1.807) is 0 Å². The molecule has 1 aliphatic rings. The zero-order valence-corrected chi connectivity index (χ0v) is 10.5. The van der Waals surface area contributed by atoms with Gasteiger partial charge >= 0.3 is 0 Å². The standard InChI is InChI=1S/C12H22N4/c1-9(2)8-13-10(3)12-15-14-11-6-4-5-7-16(11)12/h9-10,13H,4-8H2,1-3H3. The molecular weight excluding hydrogens is 200 g/mol. The molecule has 0 aromatic carbocycles. The number of nitrogens with zero attached hydrogens (tertiary/aromatic N) is 3. The van der Waals surface area contributed by atoms with E-state index in [-0.39, 0.29) is 0 Å². The van der Waals surface area contributed by atoms with Gasteiger partial charge < -0.3 is 9.88 Å². The van der Waals surface area contributed by atoms with Gasteiger partial charge in [0.1, 0.15) is 11.6 Å². The molecular formula is C12H22N4. The summed E-state index contributed by atoms with van der Waals surface area (Å²) in [6.07, 6.45) is 3.60. The minimum Gasteiger partial charge on any atom is -0.314 e. The summed E-state index contributed by atoms with van der Waals surface area (Å²) in [6.45, 7) is 8.74. The fraction of sp³-hybridized carbons (Fsp3) is 0.833. The van der Waals surface area contributed by atoms with Gasteiger partial charge in [0.15, 0.2) is 0 Å². The Morgan fingerprint density at radius 3 is 2.81 bits per heavy atom. The zero-order chi connectivity index (χ0) is 11.5. The quantitative estimate of drug-likeness (QED) is 0.846. The molecule has 0 saturated carbocycles. The Balaban J connectivity index is 2.05. The molecule has 16 heavy (non-hydrogen) atoms. The first kappa shape index (κ1) is 11.6. The summed E-state index contributed by atoms with van der Waals surface area (Å²) in [6, 6.07) is 0.307. The molecule has 1 atom stereocenters. The highest BCUT2D eigenvalue weighted by atomic mass is 15.3. The van der Waals surface area contributed by atoms with Crippen molar-refractivity contribution < 1.29 is 0 Å². The molecule has 4 nitrogen and oxygen atoms in total. The fourth-order valence-corrected chi connectivity index (χ4v) is 2.15. The van der Waals surface area contributed by atoms with Gasteiger partial charge in [-0.05, 0) is 32.2 Å². The molecule has 2 rings (SSSR count). The van der Waals surface area contributed by atoms with E-state index < -0.39 is 0 Å². The largest absolute Gasteiger partial charge is 0.314 e. The molecule has 0 spiro atoms. The SMILES string of the molecule is CC(C)CNC(C)c1nnc2n1CCCC2. The Bertz CT molecular complexity index is 343. The summed E-state index contributed by atoms with van der Waals surface area (Å²) >= 11 is 0. The average Bonchev–Trinajstić information content (AvgIpc) is 2.69. The van der Waals surface area contributed by atoms with Gasteiger partial charge in [-0.15, -0.1) is 10.2 Å². The topological polar surface area (TPSA) is 42.7 Å². The Kier molecular flexibility index (Phi) is 3.59. The molecule has 0 bridgehead atoms. The second-order valence-electron chi connectivity index (χ2n) is 5.11. The Morgan fingerprint density at radius 1 is 1.25 bits per heavy atom. The molecule has 0 radical (unpaired) electrons. The van der Waals surface area contributed by atoms with Crippen LogP contribution in [0.4, 0.5) is 0 Å². The lowest BCUT2D eigenvalue weighted by Gasteiger charge is -2.19. The molecule has 1 unspecified atom stereocenters. The average molecular weight is 222 g/mol. The summed E-state index contributed by atoms with van der Waals surface area (Å²) in [5.74, 6) is 2.95. The van der Waals surface area contributed by atoms with Crippen LogP contribution in [0, 0.1) is 5.92 Å². The highest BCUT2D eigenvalue weighted by Gasteiger charge is 2.19. The van der Waals surface area contributed by atoms with Crippen LogP contribution in [0.25, 0.3) is 0 Å². The normalized spacial score (nSPS) is 17.5. The Hall–Kier alpha value is -0.900. The third kappa shape index (κ3) is 2.43. The highest BCUT2D eigenvalue weighted by Crippen LogP contribution is 2.18. The van der Waals surface area contributed by atoms with Crippen molar-refractivity contribution >= 4 is 0 Å². The summed E-state index contributed by atoms with van der Waals surface area (Å²) in [7, 11) is 0. The Morgan fingerprint density at radius 2 is 2.06 bits per heavy atom. The van der Waals surface area contributed by atoms with Gasteiger partial charge in [-0.2, -0.15) is 0 Å². The molecule has 1 aromatic rings. The zero-order valence-electron chi connectivity index (χ0n) is 10.5. The Labute approximate surface area is 97.5 Å². The van der Waals surface area contributed by atoms with Crippen LogP contribution in [-0.4, -0.2) is 21.3 Å². The van der Waals surface area contributed by atoms with E-state index in [0.29, 0.717) is 12.0 Å². The van der Waals surface area contributed by atoms with Crippen molar-refractivity contribution in [3.63, 3.8) is 0 Å². The van der Waals surface area contributed by atoms with Gasteiger partial charge in [-0.25, -0.2) is 0 Å². The summed E-state index contributed by atoms with van der Waals surface area (Å²) in [5, 5.41) is 12.1. The van der Waals surface area contributed by atoms with Gasteiger partial charge in [0, 0.05) is 13.0 Å². The first-order valence-corrected chi connectivity index (χ1v) is 6.34. The van der Waals surface area contributed by atoms with Crippen LogP contribution in [-0.2, 0) is 13.0 Å². The van der Waals surface area contributed by atoms with Crippen LogP contribution in [0.3, 0.4) is 0 Å². The minimum atomic E-state index is 0.307. The first-order valence-electron chi connectivity index (χ1n) is 6.34. The number of rotatable bonds is 4. The summed E-state index contributed by atoms with van der Waals surface area (Å²) in [5.41, 5.74) is 0. The van der Waals surface area contributed by atoms with Gasteiger partial charge in [0.2, 0.25) is 0 Å². The van der Waals surface area contributed by atoms with Crippen molar-refractivity contribution in [3.8, 4) is 0 Å². The van der Waals surface area contributed by atoms with Crippen LogP contribution < -0.4 is 5.32 Å². The van der Waals surface area contributed by atoms with E-state index in [0.717, 1.165) is 25.3 Å². The lowest BCUT2D eigenvalue weighted by atomic mass is 10.1. The van der Waals surface area contributed by atoms with E-state index in [9.17, 15) is 0 Å². The van der Waals surface area contributed by atoms with Crippen LogP contribution in [0.15, 0.2) is 0 Å². The van der Waals surface area contributed by atoms with Gasteiger partial charge in [-0.1, -0.05) is 13.8 Å². The van der Waals surface area contributed by atoms with Crippen molar-refractivity contribution in [2.45, 2.75) is 52.6 Å². The lowest BCUT2D eigenvalue weighted by molar-refractivity contribution is 0.443. The third-order valence-corrected chi connectivity index (χ3v) is 3.11. The van der Waals surface area contributed by atoms with Crippen LogP contribution >= 0.6 is 0 Å². The molecule has 0 saturated heterocycles. The predicted molar refractivity (Wildman–Crippen MR) is 64.2 cm³/mol. The van der Waals surface area contributed by atoms with Gasteiger partial charge in [-0.3, -0.25) is 0 Å². The molecule has 2 heterocycles. The predicted octanol–water partition coefficient (Wildman–Crippen LogP) is 1.92. The molecule has 0 fully saturated rings. The van der Waals surface area contributed by atoms with E-state index in [2.05, 4.69) is 40.9 Å². The van der Waals surface area contributed by atoms with Crippen LogP contribution in [0.5, 0.6) is 0 Å². The molecule has 1 aliphatic heterocycles. The second kappa shape index (κ2) is 4.95. The molecule has 4 heteroatoms. The minimum absolute atomic E-state index is 0.307. The van der Waals surface area contributed by atoms with Crippen molar-refractivity contribution in [2.24, 2.45) is 5.92 Å². The number of aromatic nitrogens is 3. The first-order chi connectivity index (χ1) is 7.68. The van der Waals surface area contributed by atoms with Crippen molar-refractivity contribution in [2.75, 3.05) is 6.54 Å². The number of aryl methyl sites for hydroxylation is 1. The highest BCUT2D eigenvalue weighted by molar-refractivity contribution is 5.02. The van der Waals surface area contributed by atoms with Crippen LogP contribution in [0.1, 0.15) is 51.3 Å². The third-order valence-electron chi connectivity index (χ3n) is 3.11. The van der Waals surface area contributed by atoms with Gasteiger partial charge in [0.05, 0.1) is 6.04 Å². The molecule has 0 aliphatic carbocycles. The van der Waals surface area contributed by atoms with E-state index in [1.165, 1.54) is 18.7 Å². The maximum atomic E-state index is 4.33. The molecule has 1 N–H and O–H groups in total. The van der Waals surface area contributed by atoms with Crippen LogP contribution in [0.2, 0.25) is 0 Å². The molecule has 1 aromatic heterocycles. The van der Waals surface area contributed by atoms with E-state index >= 15 is 0 Å². The second-order valence-corrected chi connectivity index (χ2v) is 5.11. The number of hydrogen-bond donors (Lipinski definition) is 1. The number of fused-ring (bicyclic) bond motifs is 1. The maximum absolute atomic E-state index is 4.33. The van der Waals surface area contributed by atoms with Gasteiger partial charge in [0.25, 0.3) is 0 Å². The van der Waals surface area contributed by atoms with Crippen molar-refractivity contribution in [1.82, 2.24) is 20.1 Å². The number of hydrogen-bond acceptors (Lipinski definition) is 3. The van der Waals surface area contributed by atoms with Crippen molar-refractivity contribution in [3.05, 3.63) is 11.6 Å². The summed E-state index contributed by atoms with van der Waals surface area (Å²) in [4.78, 5) is 0. The fourth-order valence-electron chi connectivity index (χ4n) is 2.15. The molecule has 90 valence electrons. The lowest BCUT2D eigenvalue weighted by Crippen LogP contribution is -2.26. The van der Waals surface area contributed by atoms with E-state index in [4.69, 9.17) is 0 Å². The summed E-state index contributed by atoms with van der Waals surface area (Å²) < 4.78 is 2.29. The van der Waals surface area contributed by atoms with Crippen molar-refractivity contribution in [1.29, 1.82) is 0 Å². The monoisotopic (exact) mass is 222 g/mol. The van der Waals surface area contributed by atoms with E-state index in [1.807, 2.05) is 0 Å². The smallest absolute Gasteiger partial charge is 0.149 e.